The average Bonchev–Trinajstić information content (AvgIpc) is 3.52. The van der Waals surface area contributed by atoms with Crippen LogP contribution in [0.2, 0.25) is 0 Å². The Bertz CT molecular complexity index is 1490. The molecule has 0 radical (unpaired) electrons. The molecule has 0 bridgehead atoms. The van der Waals surface area contributed by atoms with E-state index in [1.54, 1.807) is 0 Å². The summed E-state index contributed by atoms with van der Waals surface area (Å²) in [5.74, 6) is -1.08. The van der Waals surface area contributed by atoms with E-state index in [4.69, 9.17) is 0 Å². The third-order valence-corrected chi connectivity index (χ3v) is 9.12. The third-order valence-electron chi connectivity index (χ3n) is 6.59. The summed E-state index contributed by atoms with van der Waals surface area (Å²) in [4.78, 5) is 43.6. The van der Waals surface area contributed by atoms with E-state index < -0.39 is 21.0 Å². The highest BCUT2D eigenvalue weighted by Crippen LogP contribution is 2.35. The van der Waals surface area contributed by atoms with Gasteiger partial charge in [0.2, 0.25) is 11.8 Å². The molecule has 2 aliphatic rings. The highest BCUT2D eigenvalue weighted by Gasteiger charge is 2.34. The highest BCUT2D eigenvalue weighted by molar-refractivity contribution is 7.91. The maximum atomic E-state index is 12.9. The molecule has 3 aromatic rings. The zero-order valence-electron chi connectivity index (χ0n) is 20.6. The lowest BCUT2D eigenvalue weighted by Crippen LogP contribution is -2.41. The molecule has 3 amide bonds. The Hall–Kier alpha value is -3.31. The van der Waals surface area contributed by atoms with Crippen LogP contribution in [-0.4, -0.2) is 68.0 Å². The van der Waals surface area contributed by atoms with Gasteiger partial charge in [-0.2, -0.15) is 0 Å². The minimum atomic E-state index is -3.85. The molecule has 2 heterocycles. The van der Waals surface area contributed by atoms with Gasteiger partial charge in [-0.05, 0) is 67.1 Å². The number of benzene rings is 2. The molecule has 37 heavy (non-hydrogen) atoms. The summed E-state index contributed by atoms with van der Waals surface area (Å²) in [5.41, 5.74) is 4.04. The molecule has 11 heteroatoms. The largest absolute Gasteiger partial charge is 0.352 e. The minimum Gasteiger partial charge on any atom is -0.352 e. The molecule has 1 aromatic heterocycles. The summed E-state index contributed by atoms with van der Waals surface area (Å²) >= 11 is 1.14. The topological polar surface area (TPSA) is 126 Å². The SMILES string of the molecule is Cc1cc2nc(C(C(=O)NCC(=O)NC3CC3)S(C)(=O)=O)sc2cc1-c1ccc(C(=O)N2CCC2)cc1. The summed E-state index contributed by atoms with van der Waals surface area (Å²) in [6.07, 6.45) is 3.87. The van der Waals surface area contributed by atoms with Crippen molar-refractivity contribution in [1.82, 2.24) is 20.5 Å². The summed E-state index contributed by atoms with van der Waals surface area (Å²) in [5, 5.41) is 3.86. The van der Waals surface area contributed by atoms with Crippen LogP contribution in [0, 0.1) is 6.92 Å². The van der Waals surface area contributed by atoms with Gasteiger partial charge < -0.3 is 15.5 Å². The van der Waals surface area contributed by atoms with Crippen molar-refractivity contribution < 1.29 is 22.8 Å². The molecule has 1 aliphatic carbocycles. The summed E-state index contributed by atoms with van der Waals surface area (Å²) in [6, 6.07) is 11.4. The molecule has 9 nitrogen and oxygen atoms in total. The fourth-order valence-electron chi connectivity index (χ4n) is 4.27. The van der Waals surface area contributed by atoms with Crippen LogP contribution in [-0.2, 0) is 19.4 Å². The maximum absolute atomic E-state index is 12.9. The van der Waals surface area contributed by atoms with Crippen molar-refractivity contribution in [3.8, 4) is 11.1 Å². The molecule has 194 valence electrons. The molecule has 2 fully saturated rings. The van der Waals surface area contributed by atoms with Gasteiger partial charge in [0.15, 0.2) is 15.1 Å². The zero-order chi connectivity index (χ0) is 26.3. The number of carbonyl (C=O) groups is 3. The van der Waals surface area contributed by atoms with Crippen molar-refractivity contribution in [2.45, 2.75) is 37.5 Å². The van der Waals surface area contributed by atoms with Crippen LogP contribution in [0.15, 0.2) is 36.4 Å². The summed E-state index contributed by atoms with van der Waals surface area (Å²) in [7, 11) is -3.85. The van der Waals surface area contributed by atoms with E-state index in [0.717, 1.165) is 71.3 Å². The number of nitrogens with zero attached hydrogens (tertiary/aromatic N) is 2. The van der Waals surface area contributed by atoms with Crippen LogP contribution in [0.1, 0.15) is 45.4 Å². The van der Waals surface area contributed by atoms with Gasteiger partial charge in [0.1, 0.15) is 5.01 Å². The van der Waals surface area contributed by atoms with Crippen molar-refractivity contribution in [2.24, 2.45) is 0 Å². The number of carbonyl (C=O) groups excluding carboxylic acids is 3. The number of hydrogen-bond acceptors (Lipinski definition) is 7. The zero-order valence-corrected chi connectivity index (χ0v) is 22.2. The smallest absolute Gasteiger partial charge is 0.253 e. The molecule has 1 saturated carbocycles. The maximum Gasteiger partial charge on any atom is 0.253 e. The van der Waals surface area contributed by atoms with Crippen molar-refractivity contribution in [2.75, 3.05) is 25.9 Å². The van der Waals surface area contributed by atoms with Gasteiger partial charge in [-0.15, -0.1) is 11.3 Å². The predicted molar refractivity (Wildman–Crippen MR) is 142 cm³/mol. The van der Waals surface area contributed by atoms with Crippen molar-refractivity contribution in [1.29, 1.82) is 0 Å². The second-order valence-electron chi connectivity index (χ2n) is 9.68. The van der Waals surface area contributed by atoms with Crippen molar-refractivity contribution in [3.63, 3.8) is 0 Å². The van der Waals surface area contributed by atoms with Gasteiger partial charge in [-0.1, -0.05) is 12.1 Å². The van der Waals surface area contributed by atoms with Crippen LogP contribution < -0.4 is 10.6 Å². The van der Waals surface area contributed by atoms with Gasteiger partial charge in [0.05, 0.1) is 16.8 Å². The monoisotopic (exact) mass is 540 g/mol. The standard InChI is InChI=1S/C26H28N4O5S2/c1-15-12-20-21(13-19(15)16-4-6-17(7-5-16)26(33)30-10-3-11-30)36-25(29-20)23(37(2,34)35)24(32)27-14-22(31)28-18-8-9-18/h4-7,12-13,18,23H,3,8-11,14H2,1-2H3,(H,27,32)(H,28,31). The molecule has 1 aliphatic heterocycles. The van der Waals surface area contributed by atoms with E-state index in [0.29, 0.717) is 11.1 Å². The number of hydrogen-bond donors (Lipinski definition) is 2. The first-order valence-corrected chi connectivity index (χ1v) is 14.9. The van der Waals surface area contributed by atoms with Gasteiger partial charge >= 0.3 is 0 Å². The van der Waals surface area contributed by atoms with Crippen molar-refractivity contribution in [3.05, 3.63) is 52.5 Å². The van der Waals surface area contributed by atoms with E-state index in [2.05, 4.69) is 15.6 Å². The first-order valence-electron chi connectivity index (χ1n) is 12.2. The third kappa shape index (κ3) is 5.52. The number of sulfone groups is 1. The summed E-state index contributed by atoms with van der Waals surface area (Å²) < 4.78 is 25.9. The predicted octanol–water partition coefficient (Wildman–Crippen LogP) is 2.60. The lowest BCUT2D eigenvalue weighted by molar-refractivity contribution is -0.126. The Morgan fingerprint density at radius 1 is 1.14 bits per heavy atom. The quantitative estimate of drug-likeness (QED) is 0.453. The first kappa shape index (κ1) is 25.3. The number of aromatic nitrogens is 1. The van der Waals surface area contributed by atoms with Crippen molar-refractivity contribution >= 4 is 49.1 Å². The molecule has 5 rings (SSSR count). The number of likely N-dealkylation sites (tertiary alicyclic amines) is 1. The molecular formula is C26H28N4O5S2. The molecule has 1 unspecified atom stereocenters. The normalized spacial score (nSPS) is 16.2. The Labute approximate surface area is 219 Å². The Morgan fingerprint density at radius 2 is 1.84 bits per heavy atom. The van der Waals surface area contributed by atoms with Crippen LogP contribution in [0.3, 0.4) is 0 Å². The number of amides is 3. The lowest BCUT2D eigenvalue weighted by Gasteiger charge is -2.30. The Balaban J connectivity index is 1.39. The second kappa shape index (κ2) is 9.86. The van der Waals surface area contributed by atoms with Gasteiger partial charge in [0.25, 0.3) is 5.91 Å². The Morgan fingerprint density at radius 3 is 2.43 bits per heavy atom. The number of rotatable bonds is 8. The first-order chi connectivity index (χ1) is 17.6. The van der Waals surface area contributed by atoms with Crippen LogP contribution in [0.4, 0.5) is 0 Å². The van der Waals surface area contributed by atoms with Gasteiger partial charge in [-0.3, -0.25) is 14.4 Å². The fourth-order valence-corrected chi connectivity index (χ4v) is 6.80. The fraction of sp³-hybridized carbons (Fsp3) is 0.385. The van der Waals surface area contributed by atoms with Crippen LogP contribution >= 0.6 is 11.3 Å². The van der Waals surface area contributed by atoms with Crippen LogP contribution in [0.25, 0.3) is 21.3 Å². The molecule has 2 N–H and O–H groups in total. The second-order valence-corrected chi connectivity index (χ2v) is 12.9. The minimum absolute atomic E-state index is 0.0344. The molecule has 0 spiro atoms. The number of thiazole rings is 1. The number of nitrogens with one attached hydrogen (secondary N) is 2. The van der Waals surface area contributed by atoms with E-state index in [1.165, 1.54) is 0 Å². The van der Waals surface area contributed by atoms with Gasteiger partial charge in [-0.25, -0.2) is 13.4 Å². The Kier molecular flexibility index (Phi) is 6.76. The van der Waals surface area contributed by atoms with E-state index in [9.17, 15) is 22.8 Å². The summed E-state index contributed by atoms with van der Waals surface area (Å²) in [6.45, 7) is 3.24. The molecule has 2 aromatic carbocycles. The van der Waals surface area contributed by atoms with Crippen LogP contribution in [0.5, 0.6) is 0 Å². The number of aryl methyl sites for hydroxylation is 1. The molecular weight excluding hydrogens is 512 g/mol. The highest BCUT2D eigenvalue weighted by atomic mass is 32.2. The molecule has 1 saturated heterocycles. The average molecular weight is 541 g/mol. The van der Waals surface area contributed by atoms with Gasteiger partial charge in [0, 0.05) is 31.0 Å². The van der Waals surface area contributed by atoms with E-state index >= 15 is 0 Å². The number of fused-ring (bicyclic) bond motifs is 1. The van der Waals surface area contributed by atoms with E-state index in [1.807, 2.05) is 48.2 Å². The lowest BCUT2D eigenvalue weighted by atomic mass is 9.98. The van der Waals surface area contributed by atoms with E-state index in [-0.39, 0.29) is 29.4 Å². The molecule has 1 atom stereocenters.